The average Bonchev–Trinajstić information content (AvgIpc) is 2.63. The molecule has 0 aromatic heterocycles. The van der Waals surface area contributed by atoms with Crippen LogP contribution in [0.1, 0.15) is 17.5 Å². The van der Waals surface area contributed by atoms with Crippen LogP contribution < -0.4 is 9.62 Å². The monoisotopic (exact) mass is 408 g/mol. The molecule has 6 nitrogen and oxygen atoms in total. The smallest absolute Gasteiger partial charge is 0.261 e. The van der Waals surface area contributed by atoms with E-state index in [1.165, 1.54) is 19.2 Å². The molecule has 1 N–H and O–H groups in total. The number of methoxy groups -OCH3 is 1. The molecule has 0 bridgehead atoms. The van der Waals surface area contributed by atoms with Gasteiger partial charge in [-0.15, -0.1) is 0 Å². The van der Waals surface area contributed by atoms with Crippen molar-refractivity contribution in [1.82, 2.24) is 0 Å². The first-order chi connectivity index (χ1) is 12.8. The van der Waals surface area contributed by atoms with Gasteiger partial charge >= 0.3 is 0 Å². The normalized spacial score (nSPS) is 14.0. The maximum absolute atomic E-state index is 12.7. The van der Waals surface area contributed by atoms with Gasteiger partial charge in [0, 0.05) is 24.4 Å². The summed E-state index contributed by atoms with van der Waals surface area (Å²) in [6, 6.07) is 9.84. The Labute approximate surface area is 164 Å². The lowest BCUT2D eigenvalue weighted by Crippen LogP contribution is -2.37. The summed E-state index contributed by atoms with van der Waals surface area (Å²) in [4.78, 5) is 14.0. The fourth-order valence-electron chi connectivity index (χ4n) is 3.05. The molecule has 3 rings (SSSR count). The predicted molar refractivity (Wildman–Crippen MR) is 106 cm³/mol. The molecule has 0 saturated heterocycles. The minimum Gasteiger partial charge on any atom is -0.375 e. The van der Waals surface area contributed by atoms with E-state index in [4.69, 9.17) is 16.3 Å². The van der Waals surface area contributed by atoms with E-state index in [1.807, 2.05) is 6.07 Å². The lowest BCUT2D eigenvalue weighted by Gasteiger charge is -2.30. The van der Waals surface area contributed by atoms with Gasteiger partial charge in [-0.1, -0.05) is 23.7 Å². The van der Waals surface area contributed by atoms with Crippen molar-refractivity contribution < 1.29 is 17.9 Å². The van der Waals surface area contributed by atoms with Crippen molar-refractivity contribution in [3.63, 3.8) is 0 Å². The third-order valence-corrected chi connectivity index (χ3v) is 6.26. The molecule has 1 aliphatic heterocycles. The Morgan fingerprint density at radius 2 is 2.04 bits per heavy atom. The van der Waals surface area contributed by atoms with Crippen LogP contribution in [0.15, 0.2) is 41.3 Å². The Hall–Kier alpha value is -2.09. The van der Waals surface area contributed by atoms with Gasteiger partial charge in [-0.3, -0.25) is 9.52 Å². The average molecular weight is 409 g/mol. The summed E-state index contributed by atoms with van der Waals surface area (Å²) in [5.41, 5.74) is 2.91. The van der Waals surface area contributed by atoms with E-state index in [9.17, 15) is 13.2 Å². The number of hydrogen-bond donors (Lipinski definition) is 1. The number of hydrogen-bond acceptors (Lipinski definition) is 4. The number of benzene rings is 2. The van der Waals surface area contributed by atoms with Gasteiger partial charge in [-0.25, -0.2) is 8.42 Å². The van der Waals surface area contributed by atoms with Crippen molar-refractivity contribution in [3.05, 3.63) is 52.5 Å². The van der Waals surface area contributed by atoms with E-state index < -0.39 is 10.0 Å². The molecule has 0 unspecified atom stereocenters. The number of ether oxygens (including phenoxy) is 1. The summed E-state index contributed by atoms with van der Waals surface area (Å²) in [6.45, 7) is 2.37. The predicted octanol–water partition coefficient (Wildman–Crippen LogP) is 3.37. The fraction of sp³-hybridized carbons (Fsp3) is 0.316. The third-order valence-electron chi connectivity index (χ3n) is 4.48. The van der Waals surface area contributed by atoms with Crippen molar-refractivity contribution in [2.75, 3.05) is 29.9 Å². The molecule has 1 heterocycles. The lowest BCUT2D eigenvalue weighted by atomic mass is 10.0. The molecule has 27 heavy (non-hydrogen) atoms. The number of carbonyl (C=O) groups is 1. The number of nitrogens with zero attached hydrogens (tertiary/aromatic N) is 1. The van der Waals surface area contributed by atoms with Crippen LogP contribution in [0.4, 0.5) is 11.4 Å². The van der Waals surface area contributed by atoms with E-state index in [1.54, 1.807) is 30.0 Å². The highest BCUT2D eigenvalue weighted by atomic mass is 35.5. The summed E-state index contributed by atoms with van der Waals surface area (Å²) in [5, 5.41) is 0.389. The van der Waals surface area contributed by atoms with Crippen LogP contribution in [0.25, 0.3) is 0 Å². The molecule has 0 atom stereocenters. The van der Waals surface area contributed by atoms with Gasteiger partial charge in [0.15, 0.2) is 0 Å². The van der Waals surface area contributed by atoms with Crippen LogP contribution in [-0.2, 0) is 26.0 Å². The standard InChI is InChI=1S/C19H21ClN2O4S/c1-13-5-8-16(11-17(13)20)27(24,25)21-15-7-6-14-4-3-9-22(18(14)10-15)19(23)12-26-2/h5-8,10-11,21H,3-4,9,12H2,1-2H3. The Morgan fingerprint density at radius 1 is 1.26 bits per heavy atom. The Kier molecular flexibility index (Phi) is 5.74. The van der Waals surface area contributed by atoms with Gasteiger partial charge in [-0.2, -0.15) is 0 Å². The van der Waals surface area contributed by atoms with Crippen molar-refractivity contribution in [2.45, 2.75) is 24.7 Å². The zero-order chi connectivity index (χ0) is 19.6. The maximum atomic E-state index is 12.7. The van der Waals surface area contributed by atoms with Crippen molar-refractivity contribution >= 4 is 38.9 Å². The molecule has 0 radical (unpaired) electrons. The molecular formula is C19H21ClN2O4S. The maximum Gasteiger partial charge on any atom is 0.261 e. The summed E-state index contributed by atoms with van der Waals surface area (Å²) < 4.78 is 32.9. The van der Waals surface area contributed by atoms with Crippen LogP contribution in [0.2, 0.25) is 5.02 Å². The number of aryl methyl sites for hydroxylation is 2. The van der Waals surface area contributed by atoms with E-state index in [-0.39, 0.29) is 17.4 Å². The number of sulfonamides is 1. The summed E-state index contributed by atoms with van der Waals surface area (Å²) in [7, 11) is -2.32. The van der Waals surface area contributed by atoms with E-state index in [0.29, 0.717) is 22.9 Å². The minimum atomic E-state index is -3.79. The SMILES string of the molecule is COCC(=O)N1CCCc2ccc(NS(=O)(=O)c3ccc(C)c(Cl)c3)cc21. The highest BCUT2D eigenvalue weighted by Gasteiger charge is 2.24. The molecule has 0 aliphatic carbocycles. The summed E-state index contributed by atoms with van der Waals surface area (Å²) in [6.07, 6.45) is 1.70. The second kappa shape index (κ2) is 7.88. The molecule has 2 aromatic rings. The van der Waals surface area contributed by atoms with Crippen LogP contribution in [0.3, 0.4) is 0 Å². The number of rotatable bonds is 5. The largest absolute Gasteiger partial charge is 0.375 e. The van der Waals surface area contributed by atoms with Gasteiger partial charge in [0.25, 0.3) is 15.9 Å². The zero-order valence-electron chi connectivity index (χ0n) is 15.2. The van der Waals surface area contributed by atoms with Crippen molar-refractivity contribution in [1.29, 1.82) is 0 Å². The van der Waals surface area contributed by atoms with Gasteiger partial charge < -0.3 is 9.64 Å². The second-order valence-electron chi connectivity index (χ2n) is 6.44. The third kappa shape index (κ3) is 4.26. The Morgan fingerprint density at radius 3 is 2.74 bits per heavy atom. The number of carbonyl (C=O) groups excluding carboxylic acids is 1. The molecule has 8 heteroatoms. The first-order valence-electron chi connectivity index (χ1n) is 8.53. The molecule has 2 aromatic carbocycles. The van der Waals surface area contributed by atoms with Gasteiger partial charge in [0.1, 0.15) is 6.61 Å². The van der Waals surface area contributed by atoms with Gasteiger partial charge in [0.2, 0.25) is 0 Å². The first kappa shape index (κ1) is 19.7. The highest BCUT2D eigenvalue weighted by molar-refractivity contribution is 7.92. The molecule has 1 amide bonds. The second-order valence-corrected chi connectivity index (χ2v) is 8.53. The molecule has 1 aliphatic rings. The quantitative estimate of drug-likeness (QED) is 0.822. The number of fused-ring (bicyclic) bond motifs is 1. The number of halogens is 1. The van der Waals surface area contributed by atoms with Crippen molar-refractivity contribution in [3.8, 4) is 0 Å². The van der Waals surface area contributed by atoms with Crippen LogP contribution in [-0.4, -0.2) is 34.6 Å². The Bertz CT molecular complexity index is 976. The number of amides is 1. The Balaban J connectivity index is 1.91. The lowest BCUT2D eigenvalue weighted by molar-refractivity contribution is -0.122. The van der Waals surface area contributed by atoms with E-state index in [2.05, 4.69) is 4.72 Å². The fourth-order valence-corrected chi connectivity index (χ4v) is 4.37. The molecular weight excluding hydrogens is 388 g/mol. The first-order valence-corrected chi connectivity index (χ1v) is 10.4. The number of anilines is 2. The van der Waals surface area contributed by atoms with Crippen LogP contribution in [0.5, 0.6) is 0 Å². The molecule has 0 saturated carbocycles. The van der Waals surface area contributed by atoms with E-state index >= 15 is 0 Å². The minimum absolute atomic E-state index is 0.0166. The van der Waals surface area contributed by atoms with E-state index in [0.717, 1.165) is 24.0 Å². The van der Waals surface area contributed by atoms with Gasteiger partial charge in [0.05, 0.1) is 10.6 Å². The summed E-state index contributed by atoms with van der Waals surface area (Å²) in [5.74, 6) is -0.149. The molecule has 144 valence electrons. The topological polar surface area (TPSA) is 75.7 Å². The molecule has 0 spiro atoms. The zero-order valence-corrected chi connectivity index (χ0v) is 16.7. The van der Waals surface area contributed by atoms with Gasteiger partial charge in [-0.05, 0) is 55.2 Å². The molecule has 0 fully saturated rings. The van der Waals surface area contributed by atoms with Crippen LogP contribution in [0, 0.1) is 6.92 Å². The summed E-state index contributed by atoms with van der Waals surface area (Å²) >= 11 is 6.05. The highest BCUT2D eigenvalue weighted by Crippen LogP contribution is 2.31. The van der Waals surface area contributed by atoms with Crippen molar-refractivity contribution in [2.24, 2.45) is 0 Å². The van der Waals surface area contributed by atoms with Crippen LogP contribution >= 0.6 is 11.6 Å². The number of nitrogens with one attached hydrogen (secondary N) is 1.